The molecule has 0 bridgehead atoms. The Balaban J connectivity index is 1.87. The van der Waals surface area contributed by atoms with Crippen LogP contribution in [0, 0.1) is 11.6 Å². The second-order valence-corrected chi connectivity index (χ2v) is 6.29. The van der Waals surface area contributed by atoms with Crippen LogP contribution in [0.2, 0.25) is 0 Å². The molecule has 1 unspecified atom stereocenters. The molecule has 5 nitrogen and oxygen atoms in total. The Morgan fingerprint density at radius 3 is 2.88 bits per heavy atom. The maximum absolute atomic E-state index is 13.5. The van der Waals surface area contributed by atoms with Gasteiger partial charge in [-0.05, 0) is 37.8 Å². The zero-order valence-electron chi connectivity index (χ0n) is 14.1. The normalized spacial score (nSPS) is 14.4. The van der Waals surface area contributed by atoms with Gasteiger partial charge in [0, 0.05) is 23.9 Å². The molecule has 0 saturated carbocycles. The average Bonchev–Trinajstić information content (AvgIpc) is 3.18. The molecule has 1 aromatic heterocycles. The van der Waals surface area contributed by atoms with Gasteiger partial charge in [-0.2, -0.15) is 5.10 Å². The molecule has 1 aromatic carbocycles. The van der Waals surface area contributed by atoms with E-state index in [2.05, 4.69) is 10.4 Å². The molecule has 0 aliphatic heterocycles. The van der Waals surface area contributed by atoms with Gasteiger partial charge in [-0.1, -0.05) is 13.3 Å². The first kappa shape index (κ1) is 17.5. The van der Waals surface area contributed by atoms with Gasteiger partial charge in [-0.25, -0.2) is 13.5 Å². The van der Waals surface area contributed by atoms with Crippen molar-refractivity contribution in [1.82, 2.24) is 15.1 Å². The molecule has 0 fully saturated rings. The SMILES string of the molecule is CCCC(O)CNC(=O)c1nn(-c2ccc(F)c(F)c2)c2c1CCC2. The summed E-state index contributed by atoms with van der Waals surface area (Å²) in [6.45, 7) is 2.13. The monoisotopic (exact) mass is 349 g/mol. The fraction of sp³-hybridized carbons (Fsp3) is 0.444. The van der Waals surface area contributed by atoms with Crippen LogP contribution in [0.1, 0.15) is 47.9 Å². The molecule has 1 atom stereocenters. The van der Waals surface area contributed by atoms with Gasteiger partial charge in [0.2, 0.25) is 0 Å². The zero-order chi connectivity index (χ0) is 18.0. The van der Waals surface area contributed by atoms with Crippen LogP contribution in [0.15, 0.2) is 18.2 Å². The number of amides is 1. The van der Waals surface area contributed by atoms with Crippen LogP contribution in [0.4, 0.5) is 8.78 Å². The lowest BCUT2D eigenvalue weighted by Gasteiger charge is -2.10. The lowest BCUT2D eigenvalue weighted by Crippen LogP contribution is -2.32. The minimum Gasteiger partial charge on any atom is -0.391 e. The molecule has 2 aromatic rings. The molecule has 1 aliphatic carbocycles. The second kappa shape index (κ2) is 7.31. The van der Waals surface area contributed by atoms with Crippen molar-refractivity contribution in [1.29, 1.82) is 0 Å². The van der Waals surface area contributed by atoms with E-state index in [0.717, 1.165) is 49.1 Å². The number of nitrogens with zero attached hydrogens (tertiary/aromatic N) is 2. The van der Waals surface area contributed by atoms with E-state index in [1.807, 2.05) is 6.92 Å². The van der Waals surface area contributed by atoms with Gasteiger partial charge in [0.15, 0.2) is 17.3 Å². The lowest BCUT2D eigenvalue weighted by atomic mass is 10.1. The third kappa shape index (κ3) is 3.56. The van der Waals surface area contributed by atoms with Crippen LogP contribution in [-0.2, 0) is 12.8 Å². The fourth-order valence-corrected chi connectivity index (χ4v) is 3.18. The highest BCUT2D eigenvalue weighted by Gasteiger charge is 2.27. The third-order valence-corrected chi connectivity index (χ3v) is 4.41. The molecule has 7 heteroatoms. The lowest BCUT2D eigenvalue weighted by molar-refractivity contribution is 0.0904. The summed E-state index contributed by atoms with van der Waals surface area (Å²) in [6.07, 6.45) is 3.19. The number of aliphatic hydroxyl groups is 1. The van der Waals surface area contributed by atoms with Gasteiger partial charge >= 0.3 is 0 Å². The van der Waals surface area contributed by atoms with Crippen LogP contribution in [-0.4, -0.2) is 33.4 Å². The average molecular weight is 349 g/mol. The Kier molecular flexibility index (Phi) is 5.13. The van der Waals surface area contributed by atoms with Crippen LogP contribution >= 0.6 is 0 Å². The van der Waals surface area contributed by atoms with Gasteiger partial charge < -0.3 is 10.4 Å². The molecule has 25 heavy (non-hydrogen) atoms. The molecule has 1 heterocycles. The van der Waals surface area contributed by atoms with Crippen LogP contribution < -0.4 is 5.32 Å². The number of carbonyl (C=O) groups is 1. The quantitative estimate of drug-likeness (QED) is 0.842. The highest BCUT2D eigenvalue weighted by Crippen LogP contribution is 2.28. The number of halogens is 2. The number of hydrogen-bond donors (Lipinski definition) is 2. The van der Waals surface area contributed by atoms with Crippen molar-refractivity contribution in [3.05, 3.63) is 46.8 Å². The summed E-state index contributed by atoms with van der Waals surface area (Å²) in [5, 5.41) is 16.8. The zero-order valence-corrected chi connectivity index (χ0v) is 14.1. The predicted octanol–water partition coefficient (Wildman–Crippen LogP) is 2.53. The molecule has 1 aliphatic rings. The van der Waals surface area contributed by atoms with Crippen molar-refractivity contribution in [3.8, 4) is 5.69 Å². The second-order valence-electron chi connectivity index (χ2n) is 6.29. The Bertz CT molecular complexity index is 789. The number of hydrogen-bond acceptors (Lipinski definition) is 3. The van der Waals surface area contributed by atoms with E-state index in [4.69, 9.17) is 0 Å². The van der Waals surface area contributed by atoms with Crippen LogP contribution in [0.3, 0.4) is 0 Å². The van der Waals surface area contributed by atoms with Crippen molar-refractivity contribution in [2.45, 2.75) is 45.1 Å². The number of aromatic nitrogens is 2. The van der Waals surface area contributed by atoms with Crippen molar-refractivity contribution >= 4 is 5.91 Å². The molecule has 0 spiro atoms. The molecule has 0 radical (unpaired) electrons. The van der Waals surface area contributed by atoms with Gasteiger partial charge in [0.05, 0.1) is 11.8 Å². The van der Waals surface area contributed by atoms with Crippen LogP contribution in [0.5, 0.6) is 0 Å². The van der Waals surface area contributed by atoms with Crippen molar-refractivity contribution < 1.29 is 18.7 Å². The molecule has 1 amide bonds. The fourth-order valence-electron chi connectivity index (χ4n) is 3.18. The number of nitrogens with one attached hydrogen (secondary N) is 1. The first-order valence-corrected chi connectivity index (χ1v) is 8.53. The van der Waals surface area contributed by atoms with Gasteiger partial charge in [0.25, 0.3) is 5.91 Å². The highest BCUT2D eigenvalue weighted by atomic mass is 19.2. The highest BCUT2D eigenvalue weighted by molar-refractivity contribution is 5.94. The number of fused-ring (bicyclic) bond motifs is 1. The maximum Gasteiger partial charge on any atom is 0.272 e. The van der Waals surface area contributed by atoms with Gasteiger partial charge in [0.1, 0.15) is 0 Å². The van der Waals surface area contributed by atoms with E-state index in [1.165, 1.54) is 10.7 Å². The Morgan fingerprint density at radius 2 is 2.16 bits per heavy atom. The van der Waals surface area contributed by atoms with Gasteiger partial charge in [-0.3, -0.25) is 4.79 Å². The standard InChI is InChI=1S/C18H21F2N3O2/c1-2-4-12(24)10-21-18(25)17-13-5-3-6-16(13)23(22-17)11-7-8-14(19)15(20)9-11/h7-9,12,24H,2-6,10H2,1H3,(H,21,25). The van der Waals surface area contributed by atoms with Crippen LogP contribution in [0.25, 0.3) is 5.69 Å². The van der Waals surface area contributed by atoms with Crippen molar-refractivity contribution in [2.24, 2.45) is 0 Å². The molecular weight excluding hydrogens is 328 g/mol. The van der Waals surface area contributed by atoms with Crippen molar-refractivity contribution in [3.63, 3.8) is 0 Å². The Labute approximate surface area is 144 Å². The van der Waals surface area contributed by atoms with Gasteiger partial charge in [-0.15, -0.1) is 0 Å². The number of benzene rings is 1. The van der Waals surface area contributed by atoms with E-state index in [1.54, 1.807) is 0 Å². The molecule has 2 N–H and O–H groups in total. The predicted molar refractivity (Wildman–Crippen MR) is 88.8 cm³/mol. The Morgan fingerprint density at radius 1 is 1.36 bits per heavy atom. The minimum atomic E-state index is -0.951. The smallest absolute Gasteiger partial charge is 0.272 e. The number of carbonyl (C=O) groups excluding carboxylic acids is 1. The van der Waals surface area contributed by atoms with E-state index in [9.17, 15) is 18.7 Å². The molecule has 134 valence electrons. The largest absolute Gasteiger partial charge is 0.391 e. The number of rotatable bonds is 6. The van der Waals surface area contributed by atoms with Crippen molar-refractivity contribution in [2.75, 3.05) is 6.54 Å². The Hall–Kier alpha value is -2.28. The first-order valence-electron chi connectivity index (χ1n) is 8.53. The summed E-state index contributed by atoms with van der Waals surface area (Å²) in [6, 6.07) is 3.57. The topological polar surface area (TPSA) is 67.2 Å². The van der Waals surface area contributed by atoms with E-state index in [-0.39, 0.29) is 12.5 Å². The summed E-state index contributed by atoms with van der Waals surface area (Å²) < 4.78 is 28.2. The molecule has 0 saturated heterocycles. The summed E-state index contributed by atoms with van der Waals surface area (Å²) in [5.74, 6) is -2.22. The summed E-state index contributed by atoms with van der Waals surface area (Å²) in [4.78, 5) is 12.4. The summed E-state index contributed by atoms with van der Waals surface area (Å²) >= 11 is 0. The molecule has 3 rings (SSSR count). The minimum absolute atomic E-state index is 0.166. The van der Waals surface area contributed by atoms with E-state index >= 15 is 0 Å². The van der Waals surface area contributed by atoms with E-state index < -0.39 is 17.7 Å². The third-order valence-electron chi connectivity index (χ3n) is 4.41. The molecular formula is C18H21F2N3O2. The van der Waals surface area contributed by atoms with E-state index in [0.29, 0.717) is 17.8 Å². The summed E-state index contributed by atoms with van der Waals surface area (Å²) in [7, 11) is 0. The number of aliphatic hydroxyl groups excluding tert-OH is 1. The maximum atomic E-state index is 13.5. The first-order chi connectivity index (χ1) is 12.0. The summed E-state index contributed by atoms with van der Waals surface area (Å²) in [5.41, 5.74) is 2.38.